The summed E-state index contributed by atoms with van der Waals surface area (Å²) >= 11 is 0. The van der Waals surface area contributed by atoms with Gasteiger partial charge in [0.05, 0.1) is 11.9 Å². The molecule has 1 fully saturated rings. The molecule has 0 saturated carbocycles. The summed E-state index contributed by atoms with van der Waals surface area (Å²) in [5.74, 6) is 0.816. The first-order valence-electron chi connectivity index (χ1n) is 9.20. The third-order valence-corrected chi connectivity index (χ3v) is 4.78. The highest BCUT2D eigenvalue weighted by Crippen LogP contribution is 2.22. The van der Waals surface area contributed by atoms with Gasteiger partial charge in [-0.15, -0.1) is 0 Å². The molecule has 1 aliphatic rings. The van der Waals surface area contributed by atoms with Crippen molar-refractivity contribution in [3.05, 3.63) is 47.3 Å². The molecule has 0 aromatic carbocycles. The Hall–Kier alpha value is -2.74. The van der Waals surface area contributed by atoms with E-state index < -0.39 is 0 Å². The van der Waals surface area contributed by atoms with E-state index in [-0.39, 0.29) is 17.4 Å². The number of hydrogen-bond acceptors (Lipinski definition) is 6. The highest BCUT2D eigenvalue weighted by Gasteiger charge is 2.25. The number of carbonyl (C=O) groups excluding carboxylic acids is 1. The Morgan fingerprint density at radius 2 is 2.04 bits per heavy atom. The fraction of sp³-hybridized carbons (Fsp3) is 0.474. The lowest BCUT2D eigenvalue weighted by molar-refractivity contribution is -0.120. The highest BCUT2D eigenvalue weighted by atomic mass is 16.2. The third kappa shape index (κ3) is 5.13. The molecule has 0 unspecified atom stereocenters. The number of nitrogens with zero attached hydrogens (tertiary/aromatic N) is 5. The quantitative estimate of drug-likeness (QED) is 0.819. The predicted molar refractivity (Wildman–Crippen MR) is 105 cm³/mol. The largest absolute Gasteiger partial charge is 0.355 e. The van der Waals surface area contributed by atoms with Crippen molar-refractivity contribution in [1.82, 2.24) is 19.4 Å². The molecule has 8 nitrogen and oxygen atoms in total. The first-order chi connectivity index (χ1) is 13.0. The summed E-state index contributed by atoms with van der Waals surface area (Å²) in [4.78, 5) is 37.2. The maximum Gasteiger partial charge on any atom is 0.250 e. The number of anilines is 2. The number of aromatic nitrogens is 3. The monoisotopic (exact) mass is 370 g/mol. The Morgan fingerprint density at radius 3 is 2.70 bits per heavy atom. The lowest BCUT2D eigenvalue weighted by atomic mass is 9.96. The maximum absolute atomic E-state index is 12.6. The minimum absolute atomic E-state index is 0.00612. The number of likely N-dealkylation sites (N-methyl/N-ethyl adjacent to an activating group) is 1. The van der Waals surface area contributed by atoms with Gasteiger partial charge in [0.1, 0.15) is 5.82 Å². The molecule has 1 saturated heterocycles. The Labute approximate surface area is 158 Å². The van der Waals surface area contributed by atoms with Gasteiger partial charge in [-0.05, 0) is 33.0 Å². The molecule has 1 N–H and O–H groups in total. The van der Waals surface area contributed by atoms with Gasteiger partial charge in [-0.2, -0.15) is 0 Å². The van der Waals surface area contributed by atoms with Crippen LogP contribution in [0.4, 0.5) is 11.5 Å². The average molecular weight is 370 g/mol. The summed E-state index contributed by atoms with van der Waals surface area (Å²) in [7, 11) is 3.92. The summed E-state index contributed by atoms with van der Waals surface area (Å²) in [6.07, 6.45) is 8.34. The minimum Gasteiger partial charge on any atom is -0.355 e. The van der Waals surface area contributed by atoms with Crippen LogP contribution in [0.3, 0.4) is 0 Å². The van der Waals surface area contributed by atoms with E-state index in [0.717, 1.165) is 38.3 Å². The zero-order valence-electron chi connectivity index (χ0n) is 15.8. The van der Waals surface area contributed by atoms with Crippen molar-refractivity contribution < 1.29 is 4.79 Å². The molecule has 3 rings (SSSR count). The van der Waals surface area contributed by atoms with Gasteiger partial charge in [0.15, 0.2) is 0 Å². The van der Waals surface area contributed by atoms with Gasteiger partial charge in [-0.1, -0.05) is 0 Å². The van der Waals surface area contributed by atoms with Crippen molar-refractivity contribution in [2.75, 3.05) is 43.9 Å². The Kier molecular flexibility index (Phi) is 6.18. The Bertz CT molecular complexity index is 812. The van der Waals surface area contributed by atoms with E-state index in [4.69, 9.17) is 0 Å². The first-order valence-corrected chi connectivity index (χ1v) is 9.20. The van der Waals surface area contributed by atoms with Crippen molar-refractivity contribution in [3.63, 3.8) is 0 Å². The SMILES string of the molecule is CN(C)CCn1cc(NC(=O)C2CCN(c3cnccn3)CC2)ccc1=O. The second-order valence-corrected chi connectivity index (χ2v) is 7.07. The summed E-state index contributed by atoms with van der Waals surface area (Å²) in [5, 5.41) is 2.96. The van der Waals surface area contributed by atoms with Crippen LogP contribution >= 0.6 is 0 Å². The van der Waals surface area contributed by atoms with Crippen molar-refractivity contribution in [2.24, 2.45) is 5.92 Å². The van der Waals surface area contributed by atoms with Crippen LogP contribution in [0.1, 0.15) is 12.8 Å². The fourth-order valence-electron chi connectivity index (χ4n) is 3.16. The molecule has 3 heterocycles. The molecular formula is C19H26N6O2. The number of nitrogens with one attached hydrogen (secondary N) is 1. The summed E-state index contributed by atoms with van der Waals surface area (Å²) in [5.41, 5.74) is 0.599. The third-order valence-electron chi connectivity index (χ3n) is 4.78. The van der Waals surface area contributed by atoms with Crippen molar-refractivity contribution >= 4 is 17.4 Å². The number of amides is 1. The Balaban J connectivity index is 1.56. The number of carbonyl (C=O) groups is 1. The van der Waals surface area contributed by atoms with Gasteiger partial charge in [-0.25, -0.2) is 4.98 Å². The zero-order valence-corrected chi connectivity index (χ0v) is 15.8. The van der Waals surface area contributed by atoms with Crippen LogP contribution in [0.15, 0.2) is 41.7 Å². The first kappa shape index (κ1) is 19.0. The van der Waals surface area contributed by atoms with E-state index in [0.29, 0.717) is 12.2 Å². The van der Waals surface area contributed by atoms with E-state index >= 15 is 0 Å². The summed E-state index contributed by atoms with van der Waals surface area (Å²) in [6, 6.07) is 3.17. The minimum atomic E-state index is -0.0628. The van der Waals surface area contributed by atoms with Crippen molar-refractivity contribution in [2.45, 2.75) is 19.4 Å². The number of piperidine rings is 1. The molecule has 27 heavy (non-hydrogen) atoms. The standard InChI is InChI=1S/C19H26N6O2/c1-23(2)11-12-25-14-16(3-4-18(25)26)22-19(27)15-5-9-24(10-6-15)17-13-20-7-8-21-17/h3-4,7-8,13-15H,5-6,9-12H2,1-2H3,(H,22,27). The van der Waals surface area contributed by atoms with Gasteiger partial charge >= 0.3 is 0 Å². The van der Waals surface area contributed by atoms with Crippen molar-refractivity contribution in [1.29, 1.82) is 0 Å². The molecule has 144 valence electrons. The smallest absolute Gasteiger partial charge is 0.250 e. The van der Waals surface area contributed by atoms with Crippen LogP contribution < -0.4 is 15.8 Å². The zero-order chi connectivity index (χ0) is 19.2. The normalized spacial score (nSPS) is 15.1. The molecule has 0 aliphatic carbocycles. The summed E-state index contributed by atoms with van der Waals surface area (Å²) in [6.45, 7) is 2.91. The molecule has 8 heteroatoms. The van der Waals surface area contributed by atoms with Crippen LogP contribution in [0, 0.1) is 5.92 Å². The topological polar surface area (TPSA) is 83.4 Å². The number of hydrogen-bond donors (Lipinski definition) is 1. The number of rotatable bonds is 6. The molecule has 1 aliphatic heterocycles. The molecule has 0 atom stereocenters. The van der Waals surface area contributed by atoms with Gasteiger partial charge in [-0.3, -0.25) is 14.6 Å². The van der Waals surface area contributed by atoms with Crippen LogP contribution in [0.5, 0.6) is 0 Å². The Morgan fingerprint density at radius 1 is 1.26 bits per heavy atom. The van der Waals surface area contributed by atoms with Crippen LogP contribution in [0.2, 0.25) is 0 Å². The maximum atomic E-state index is 12.6. The number of pyridine rings is 1. The van der Waals surface area contributed by atoms with E-state index in [1.54, 1.807) is 35.4 Å². The molecule has 1 amide bonds. The summed E-state index contributed by atoms with van der Waals surface area (Å²) < 4.78 is 1.63. The predicted octanol–water partition coefficient (Wildman–Crippen LogP) is 1.05. The van der Waals surface area contributed by atoms with E-state index in [1.807, 2.05) is 19.0 Å². The van der Waals surface area contributed by atoms with Gasteiger partial charge in [0.2, 0.25) is 5.91 Å². The van der Waals surface area contributed by atoms with E-state index in [2.05, 4.69) is 20.2 Å². The van der Waals surface area contributed by atoms with Crippen molar-refractivity contribution in [3.8, 4) is 0 Å². The van der Waals surface area contributed by atoms with Gasteiger partial charge in [0, 0.05) is 56.8 Å². The molecular weight excluding hydrogens is 344 g/mol. The lowest BCUT2D eigenvalue weighted by Crippen LogP contribution is -2.38. The second kappa shape index (κ2) is 8.77. The van der Waals surface area contributed by atoms with Crippen LogP contribution in [-0.4, -0.2) is 59.1 Å². The van der Waals surface area contributed by atoms with Gasteiger partial charge < -0.3 is 19.7 Å². The average Bonchev–Trinajstić information content (AvgIpc) is 2.69. The van der Waals surface area contributed by atoms with Crippen LogP contribution in [0.25, 0.3) is 0 Å². The molecule has 2 aromatic rings. The fourth-order valence-corrected chi connectivity index (χ4v) is 3.16. The van der Waals surface area contributed by atoms with Crippen LogP contribution in [-0.2, 0) is 11.3 Å². The molecule has 0 bridgehead atoms. The van der Waals surface area contributed by atoms with Gasteiger partial charge in [0.25, 0.3) is 5.56 Å². The molecule has 0 spiro atoms. The highest BCUT2D eigenvalue weighted by molar-refractivity contribution is 5.92. The van der Waals surface area contributed by atoms with E-state index in [9.17, 15) is 9.59 Å². The molecule has 2 aromatic heterocycles. The second-order valence-electron chi connectivity index (χ2n) is 7.07. The van der Waals surface area contributed by atoms with E-state index in [1.165, 1.54) is 6.07 Å². The lowest BCUT2D eigenvalue weighted by Gasteiger charge is -2.31. The molecule has 0 radical (unpaired) electrons.